The summed E-state index contributed by atoms with van der Waals surface area (Å²) in [7, 11) is 0. The third-order valence-electron chi connectivity index (χ3n) is 3.70. The highest BCUT2D eigenvalue weighted by molar-refractivity contribution is 6.30. The molecule has 1 aliphatic heterocycles. The summed E-state index contributed by atoms with van der Waals surface area (Å²) in [6, 6.07) is 7.67. The van der Waals surface area contributed by atoms with Crippen LogP contribution >= 0.6 is 11.6 Å². The fourth-order valence-electron chi connectivity index (χ4n) is 2.16. The van der Waals surface area contributed by atoms with Gasteiger partial charge >= 0.3 is 6.09 Å². The first-order chi connectivity index (χ1) is 10.1. The Morgan fingerprint density at radius 1 is 1.24 bits per heavy atom. The Bertz CT molecular complexity index is 520. The first-order valence-corrected chi connectivity index (χ1v) is 7.50. The zero-order valence-corrected chi connectivity index (χ0v) is 13.2. The predicted octanol–water partition coefficient (Wildman–Crippen LogP) is 3.18. The van der Waals surface area contributed by atoms with E-state index in [1.54, 1.807) is 4.90 Å². The summed E-state index contributed by atoms with van der Waals surface area (Å²) >= 11 is 5.89. The van der Waals surface area contributed by atoms with Gasteiger partial charge in [-0.15, -0.1) is 0 Å². The Hall–Kier alpha value is -1.52. The number of rotatable bonds is 3. The van der Waals surface area contributed by atoms with Gasteiger partial charge in [-0.2, -0.15) is 0 Å². The number of halogens is 1. The molecule has 0 radical (unpaired) electrons. The zero-order valence-electron chi connectivity index (χ0n) is 12.5. The minimum atomic E-state index is -0.236. The largest absolute Gasteiger partial charge is 0.445 e. The summed E-state index contributed by atoms with van der Waals surface area (Å²) in [4.78, 5) is 13.7. The number of hydrogen-bond donors (Lipinski definition) is 1. The average molecular weight is 309 g/mol. The predicted molar refractivity (Wildman–Crippen MR) is 85.5 cm³/mol. The molecule has 0 unspecified atom stereocenters. The van der Waals surface area contributed by atoms with Gasteiger partial charge in [-0.25, -0.2) is 4.79 Å². The van der Waals surface area contributed by atoms with Crippen molar-refractivity contribution in [2.45, 2.75) is 13.8 Å². The molecule has 1 aromatic carbocycles. The normalized spacial score (nSPS) is 16.4. The Kier molecular flexibility index (Phi) is 5.65. The Morgan fingerprint density at radius 3 is 2.48 bits per heavy atom. The van der Waals surface area contributed by atoms with Crippen LogP contribution in [0.2, 0.25) is 5.02 Å². The van der Waals surface area contributed by atoms with Crippen LogP contribution in [0, 0.1) is 0 Å². The van der Waals surface area contributed by atoms with Crippen molar-refractivity contribution in [1.82, 2.24) is 10.2 Å². The monoisotopic (exact) mass is 308 g/mol. The van der Waals surface area contributed by atoms with E-state index in [4.69, 9.17) is 16.3 Å². The van der Waals surface area contributed by atoms with Crippen molar-refractivity contribution >= 4 is 23.3 Å². The number of amides is 1. The van der Waals surface area contributed by atoms with Gasteiger partial charge in [-0.3, -0.25) is 0 Å². The lowest BCUT2D eigenvalue weighted by Crippen LogP contribution is -2.46. The molecular formula is C16H21ClN2O2. The van der Waals surface area contributed by atoms with E-state index in [0.717, 1.165) is 29.8 Å². The number of nitrogens with one attached hydrogen (secondary N) is 1. The van der Waals surface area contributed by atoms with Crippen LogP contribution < -0.4 is 5.32 Å². The number of piperazine rings is 1. The van der Waals surface area contributed by atoms with Gasteiger partial charge in [0.15, 0.2) is 0 Å². The van der Waals surface area contributed by atoms with Crippen LogP contribution in [0.4, 0.5) is 4.79 Å². The quantitative estimate of drug-likeness (QED) is 0.932. The minimum Gasteiger partial charge on any atom is -0.445 e. The highest BCUT2D eigenvalue weighted by Gasteiger charge is 2.17. The molecule has 0 spiro atoms. The molecule has 4 nitrogen and oxygen atoms in total. The summed E-state index contributed by atoms with van der Waals surface area (Å²) < 4.78 is 5.38. The molecule has 0 aromatic heterocycles. The molecule has 1 aromatic rings. The molecule has 1 heterocycles. The molecule has 1 fully saturated rings. The van der Waals surface area contributed by atoms with Crippen LogP contribution in [0.3, 0.4) is 0 Å². The van der Waals surface area contributed by atoms with Crippen LogP contribution in [0.5, 0.6) is 0 Å². The summed E-state index contributed by atoms with van der Waals surface area (Å²) in [5.41, 5.74) is 3.25. The Morgan fingerprint density at radius 2 is 1.86 bits per heavy atom. The number of allylic oxidation sites excluding steroid dienone is 1. The number of carbonyl (C=O) groups excluding carboxylic acids is 1. The average Bonchev–Trinajstić information content (AvgIpc) is 2.53. The summed E-state index contributed by atoms with van der Waals surface area (Å²) in [6.07, 6.45) is -0.236. The molecule has 0 saturated carbocycles. The van der Waals surface area contributed by atoms with E-state index in [1.807, 2.05) is 38.1 Å². The van der Waals surface area contributed by atoms with Crippen LogP contribution in [-0.4, -0.2) is 43.8 Å². The van der Waals surface area contributed by atoms with Crippen molar-refractivity contribution in [3.05, 3.63) is 40.4 Å². The zero-order chi connectivity index (χ0) is 15.2. The highest BCUT2D eigenvalue weighted by atomic mass is 35.5. The standard InChI is InChI=1S/C16H21ClN2O2/c1-12(13(2)14-3-5-15(17)6-4-14)11-21-16(20)19-9-7-18-8-10-19/h3-6,18H,7-11H2,1-2H3. The van der Waals surface area contributed by atoms with Crippen LogP contribution in [0.1, 0.15) is 19.4 Å². The van der Waals surface area contributed by atoms with E-state index < -0.39 is 0 Å². The van der Waals surface area contributed by atoms with Crippen molar-refractivity contribution in [2.75, 3.05) is 32.8 Å². The second-order valence-electron chi connectivity index (χ2n) is 5.20. The maximum atomic E-state index is 11.9. The molecule has 0 bridgehead atoms. The number of ether oxygens (including phenoxy) is 1. The van der Waals surface area contributed by atoms with E-state index in [0.29, 0.717) is 24.7 Å². The highest BCUT2D eigenvalue weighted by Crippen LogP contribution is 2.20. The van der Waals surface area contributed by atoms with E-state index >= 15 is 0 Å². The number of benzene rings is 1. The van der Waals surface area contributed by atoms with Crippen molar-refractivity contribution in [3.63, 3.8) is 0 Å². The Balaban J connectivity index is 1.93. The molecule has 2 rings (SSSR count). The van der Waals surface area contributed by atoms with Crippen molar-refractivity contribution in [2.24, 2.45) is 0 Å². The molecule has 1 saturated heterocycles. The SMILES string of the molecule is CC(COC(=O)N1CCNCC1)=C(C)c1ccc(Cl)cc1. The van der Waals surface area contributed by atoms with Crippen molar-refractivity contribution < 1.29 is 9.53 Å². The smallest absolute Gasteiger partial charge is 0.410 e. The van der Waals surface area contributed by atoms with Crippen molar-refractivity contribution in [3.8, 4) is 0 Å². The minimum absolute atomic E-state index is 0.236. The second kappa shape index (κ2) is 7.48. The van der Waals surface area contributed by atoms with E-state index in [9.17, 15) is 4.79 Å². The van der Waals surface area contributed by atoms with Gasteiger partial charge in [0.05, 0.1) is 0 Å². The first kappa shape index (κ1) is 15.9. The first-order valence-electron chi connectivity index (χ1n) is 7.12. The lowest BCUT2D eigenvalue weighted by molar-refractivity contribution is 0.105. The van der Waals surface area contributed by atoms with Gasteiger partial charge in [0.1, 0.15) is 6.61 Å². The fraction of sp³-hybridized carbons (Fsp3) is 0.438. The second-order valence-corrected chi connectivity index (χ2v) is 5.64. The molecule has 21 heavy (non-hydrogen) atoms. The lowest BCUT2D eigenvalue weighted by atomic mass is 10.0. The molecule has 0 atom stereocenters. The van der Waals surface area contributed by atoms with Gasteiger partial charge in [0.25, 0.3) is 0 Å². The molecular weight excluding hydrogens is 288 g/mol. The van der Waals surface area contributed by atoms with E-state index in [1.165, 1.54) is 0 Å². The van der Waals surface area contributed by atoms with Crippen LogP contribution in [0.25, 0.3) is 5.57 Å². The van der Waals surface area contributed by atoms with Gasteiger partial charge in [-0.1, -0.05) is 23.7 Å². The molecule has 1 N–H and O–H groups in total. The summed E-state index contributed by atoms with van der Waals surface area (Å²) in [5.74, 6) is 0. The van der Waals surface area contributed by atoms with Crippen LogP contribution in [0.15, 0.2) is 29.8 Å². The topological polar surface area (TPSA) is 41.6 Å². The third-order valence-corrected chi connectivity index (χ3v) is 3.96. The van der Waals surface area contributed by atoms with E-state index in [-0.39, 0.29) is 6.09 Å². The van der Waals surface area contributed by atoms with Gasteiger partial charge < -0.3 is 15.0 Å². The van der Waals surface area contributed by atoms with Gasteiger partial charge in [0.2, 0.25) is 0 Å². The van der Waals surface area contributed by atoms with Gasteiger partial charge in [0, 0.05) is 31.2 Å². The summed E-state index contributed by atoms with van der Waals surface area (Å²) in [5, 5.41) is 3.93. The van der Waals surface area contributed by atoms with Gasteiger partial charge in [-0.05, 0) is 42.7 Å². The summed E-state index contributed by atoms with van der Waals surface area (Å²) in [6.45, 7) is 7.39. The molecule has 114 valence electrons. The van der Waals surface area contributed by atoms with Crippen molar-refractivity contribution in [1.29, 1.82) is 0 Å². The molecule has 0 aliphatic carbocycles. The number of carbonyl (C=O) groups is 1. The molecule has 5 heteroatoms. The lowest BCUT2D eigenvalue weighted by Gasteiger charge is -2.26. The molecule has 1 aliphatic rings. The number of nitrogens with zero attached hydrogens (tertiary/aromatic N) is 1. The maximum Gasteiger partial charge on any atom is 0.410 e. The van der Waals surface area contributed by atoms with Crippen LogP contribution in [-0.2, 0) is 4.74 Å². The number of hydrogen-bond acceptors (Lipinski definition) is 3. The fourth-order valence-corrected chi connectivity index (χ4v) is 2.29. The maximum absolute atomic E-state index is 11.9. The Labute approximate surface area is 130 Å². The van der Waals surface area contributed by atoms with E-state index in [2.05, 4.69) is 5.32 Å². The molecule has 1 amide bonds. The third kappa shape index (κ3) is 4.48.